The number of rotatable bonds is 15. The largest absolute Gasteiger partial charge is 1.00 e. The van der Waals surface area contributed by atoms with Crippen LogP contribution in [0, 0.1) is 24.2 Å². The smallest absolute Gasteiger partial charge is 0.550 e. The molecule has 2 amide bonds. The molecule has 4 rings (SSSR count). The zero-order valence-electron chi connectivity index (χ0n) is 27.9. The number of hydrogen-bond acceptors (Lipinski definition) is 12. The Hall–Kier alpha value is -1.84. The molecule has 0 radical (unpaired) electrons. The van der Waals surface area contributed by atoms with Crippen LogP contribution < -0.4 is 115 Å². The van der Waals surface area contributed by atoms with Crippen molar-refractivity contribution in [3.8, 4) is 12.3 Å². The average Bonchev–Trinajstić information content (AvgIpc) is 3.44. The van der Waals surface area contributed by atoms with Crippen molar-refractivity contribution in [1.29, 1.82) is 0 Å². The molecule has 5 atom stereocenters. The third kappa shape index (κ3) is 9.73. The van der Waals surface area contributed by atoms with Crippen molar-refractivity contribution in [2.24, 2.45) is 22.6 Å². The van der Waals surface area contributed by atoms with Crippen LogP contribution >= 0.6 is 0 Å². The van der Waals surface area contributed by atoms with Gasteiger partial charge in [0.1, 0.15) is 18.0 Å². The van der Waals surface area contributed by atoms with Crippen LogP contribution in [0.1, 0.15) is 48.9 Å². The summed E-state index contributed by atoms with van der Waals surface area (Å²) in [5.74, 6) is -7.20. The monoisotopic (exact) mass is 701 g/mol. The third-order valence-electron chi connectivity index (χ3n) is 8.62. The molecule has 14 nitrogen and oxygen atoms in total. The normalized spacial score (nSPS) is 20.7. The predicted molar refractivity (Wildman–Crippen MR) is 156 cm³/mol. The maximum Gasteiger partial charge on any atom is 1.00 e. The second-order valence-corrected chi connectivity index (χ2v) is 11.3. The number of nitrogens with zero attached hydrogens (tertiary/aromatic N) is 3. The van der Waals surface area contributed by atoms with Crippen LogP contribution in [-0.2, 0) is 19.2 Å². The molecule has 1 aliphatic heterocycles. The van der Waals surface area contributed by atoms with Crippen molar-refractivity contribution in [3.05, 3.63) is 59.2 Å². The fraction of sp³-hybridized carbons (Fsp3) is 0.438. The molecular weight excluding hydrogens is 667 g/mol. The van der Waals surface area contributed by atoms with Crippen molar-refractivity contribution in [2.75, 3.05) is 19.7 Å². The van der Waals surface area contributed by atoms with Crippen LogP contribution in [0.3, 0.4) is 0 Å². The number of amides is 2. The first-order valence-electron chi connectivity index (χ1n) is 14.8. The zero-order chi connectivity index (χ0) is 33.6. The Morgan fingerprint density at radius 3 is 2.35 bits per heavy atom. The molecule has 3 unspecified atom stereocenters. The van der Waals surface area contributed by atoms with Gasteiger partial charge in [-0.25, -0.2) is 0 Å². The van der Waals surface area contributed by atoms with Gasteiger partial charge >= 0.3 is 88.7 Å². The Bertz CT molecular complexity index is 1530. The molecule has 4 N–H and O–H groups in total. The van der Waals surface area contributed by atoms with Gasteiger partial charge in [-0.1, -0.05) is 36.3 Å². The number of aliphatic carboxylic acids is 3. The van der Waals surface area contributed by atoms with E-state index in [2.05, 4.69) is 16.2 Å². The second kappa shape index (κ2) is 20.3. The summed E-state index contributed by atoms with van der Waals surface area (Å²) >= 11 is 0. The van der Waals surface area contributed by atoms with Crippen LogP contribution in [0.25, 0.3) is 0 Å². The number of amidine groups is 1. The van der Waals surface area contributed by atoms with Gasteiger partial charge in [-0.05, 0) is 68.3 Å². The number of carboxylic acid groups (broad SMARTS) is 3. The maximum absolute atomic E-state index is 14.5. The SMILES string of the molecule is C#CCN([C@H]1CCC2=CC3N=C(CO)NC(=O)C3C=C21)N(C(=O)c1ccccc1)[C@@](CCCN)(C(=O)[O-])C(CCC(=O)[O-])C(=O)[O-].[Na+].[Na+].[Na+]. The van der Waals surface area contributed by atoms with Crippen LogP contribution in [0.2, 0.25) is 0 Å². The Balaban J connectivity index is 0.00000400. The number of fused-ring (bicyclic) bond motifs is 2. The van der Waals surface area contributed by atoms with E-state index in [0.29, 0.717) is 12.0 Å². The van der Waals surface area contributed by atoms with E-state index in [-0.39, 0.29) is 119 Å². The molecule has 1 saturated carbocycles. The summed E-state index contributed by atoms with van der Waals surface area (Å²) in [6.45, 7) is -0.956. The number of carbonyl (C=O) groups is 5. The van der Waals surface area contributed by atoms with Crippen LogP contribution in [0.4, 0.5) is 0 Å². The number of terminal acetylenes is 1. The number of nitrogens with one attached hydrogen (secondary N) is 1. The molecule has 0 bridgehead atoms. The molecule has 0 saturated heterocycles. The fourth-order valence-corrected chi connectivity index (χ4v) is 6.57. The summed E-state index contributed by atoms with van der Waals surface area (Å²) in [5.41, 5.74) is 4.34. The van der Waals surface area contributed by atoms with E-state index in [4.69, 9.17) is 12.2 Å². The average molecular weight is 702 g/mol. The van der Waals surface area contributed by atoms with Gasteiger partial charge in [-0.15, -0.1) is 6.42 Å². The minimum atomic E-state index is -2.72. The standard InChI is InChI=1S/C32H37N5O9.3Na/c1-2-15-36(25-11-9-20-16-24-22(17-21(20)25)28(41)35-26(18-38)34-24)37(29(42)19-7-4-3-5-8-19)32(31(45)46,13-6-14-33)23(30(43)44)10-12-27(39)40;;;/h1,3-5,7-8,16-17,22-25,38H,6,9-15,18,33H2,(H,39,40)(H,43,44)(H,45,46)(H,34,35,41);;;/q;3*+1/p-3/t22?,23?,24?,25-,32+;;;/m0.../s1. The molecule has 2 aliphatic carbocycles. The number of carboxylic acids is 3. The van der Waals surface area contributed by atoms with Gasteiger partial charge in [0, 0.05) is 23.4 Å². The maximum atomic E-state index is 14.5. The van der Waals surface area contributed by atoms with Crippen molar-refractivity contribution in [2.45, 2.75) is 56.1 Å². The van der Waals surface area contributed by atoms with E-state index in [1.165, 1.54) is 29.3 Å². The third-order valence-corrected chi connectivity index (χ3v) is 8.62. The van der Waals surface area contributed by atoms with E-state index in [0.717, 1.165) is 10.6 Å². The van der Waals surface area contributed by atoms with Gasteiger partial charge in [0.2, 0.25) is 5.91 Å². The Morgan fingerprint density at radius 2 is 1.80 bits per heavy atom. The summed E-state index contributed by atoms with van der Waals surface area (Å²) in [6, 6.07) is 6.09. The predicted octanol–water partition coefficient (Wildman–Crippen LogP) is -12.4. The van der Waals surface area contributed by atoms with Gasteiger partial charge in [-0.3, -0.25) is 19.6 Å². The van der Waals surface area contributed by atoms with Crippen LogP contribution in [-0.4, -0.2) is 88.0 Å². The summed E-state index contributed by atoms with van der Waals surface area (Å²) < 4.78 is 0. The molecule has 1 aromatic rings. The number of nitrogens with two attached hydrogens (primary N) is 1. The molecule has 244 valence electrons. The minimum absolute atomic E-state index is 0. The summed E-state index contributed by atoms with van der Waals surface area (Å²) in [7, 11) is 0. The molecule has 1 aromatic carbocycles. The second-order valence-electron chi connectivity index (χ2n) is 11.3. The number of aliphatic hydroxyl groups excluding tert-OH is 1. The molecule has 49 heavy (non-hydrogen) atoms. The number of hydrogen-bond donors (Lipinski definition) is 3. The summed E-state index contributed by atoms with van der Waals surface area (Å²) in [4.78, 5) is 69.5. The zero-order valence-corrected chi connectivity index (χ0v) is 33.9. The summed E-state index contributed by atoms with van der Waals surface area (Å²) in [6.07, 6.45) is 7.66. The van der Waals surface area contributed by atoms with Crippen molar-refractivity contribution in [3.63, 3.8) is 0 Å². The van der Waals surface area contributed by atoms with E-state index in [1.807, 2.05) is 0 Å². The van der Waals surface area contributed by atoms with E-state index < -0.39 is 91.6 Å². The Labute approximate surface area is 350 Å². The topological polar surface area (TPSA) is 232 Å². The molecule has 17 heteroatoms. The van der Waals surface area contributed by atoms with Gasteiger partial charge in [0.25, 0.3) is 5.91 Å². The van der Waals surface area contributed by atoms with Gasteiger partial charge < -0.3 is 45.9 Å². The van der Waals surface area contributed by atoms with E-state index in [9.17, 15) is 44.4 Å². The van der Waals surface area contributed by atoms with Crippen molar-refractivity contribution >= 4 is 35.6 Å². The first kappa shape index (κ1) is 45.2. The molecule has 3 aliphatic rings. The number of hydrazine groups is 1. The van der Waals surface area contributed by atoms with Crippen LogP contribution in [0.15, 0.2) is 58.6 Å². The van der Waals surface area contributed by atoms with Gasteiger partial charge in [0.15, 0.2) is 0 Å². The fourth-order valence-electron chi connectivity index (χ4n) is 6.57. The van der Waals surface area contributed by atoms with Gasteiger partial charge in [-0.2, -0.15) is 5.01 Å². The molecular formula is C32H34N5Na3O9. The van der Waals surface area contributed by atoms with Gasteiger partial charge in [0.05, 0.1) is 30.5 Å². The molecule has 1 fully saturated rings. The first-order valence-corrected chi connectivity index (χ1v) is 14.8. The Morgan fingerprint density at radius 1 is 1.12 bits per heavy atom. The number of benzene rings is 1. The number of carbonyl (C=O) groups excluding carboxylic acids is 5. The quantitative estimate of drug-likeness (QED) is 0.0883. The minimum Gasteiger partial charge on any atom is -0.550 e. The molecule has 1 heterocycles. The van der Waals surface area contributed by atoms with E-state index in [1.54, 1.807) is 18.2 Å². The van der Waals surface area contributed by atoms with Crippen molar-refractivity contribution < 1.29 is 133 Å². The molecule has 0 aromatic heterocycles. The van der Waals surface area contributed by atoms with Crippen molar-refractivity contribution in [1.82, 2.24) is 15.3 Å². The van der Waals surface area contributed by atoms with E-state index >= 15 is 0 Å². The summed E-state index contributed by atoms with van der Waals surface area (Å²) in [5, 5.41) is 51.7. The first-order chi connectivity index (χ1) is 22.0. The number of aliphatic imine (C=N–C) groups is 1. The Kier molecular flexibility index (Phi) is 18.7. The molecule has 0 spiro atoms. The number of aliphatic hydroxyl groups is 1. The van der Waals surface area contributed by atoms with Crippen LogP contribution in [0.5, 0.6) is 0 Å².